The average Bonchev–Trinajstić information content (AvgIpc) is 3.28. The predicted octanol–water partition coefficient (Wildman–Crippen LogP) is 3.09. The van der Waals surface area contributed by atoms with Gasteiger partial charge < -0.3 is 10.2 Å². The molecule has 2 aromatic heterocycles. The first-order valence-corrected chi connectivity index (χ1v) is 9.34. The molecule has 1 spiro atoms. The number of amides is 2. The molecule has 144 valence electrons. The van der Waals surface area contributed by atoms with Crippen LogP contribution in [0, 0.1) is 5.82 Å². The fraction of sp³-hybridized carbons (Fsp3) is 0.182. The van der Waals surface area contributed by atoms with Crippen LogP contribution in [0.3, 0.4) is 0 Å². The summed E-state index contributed by atoms with van der Waals surface area (Å²) in [7, 11) is 0. The maximum absolute atomic E-state index is 13.7. The molecule has 29 heavy (non-hydrogen) atoms. The van der Waals surface area contributed by atoms with Gasteiger partial charge >= 0.3 is 0 Å². The predicted molar refractivity (Wildman–Crippen MR) is 104 cm³/mol. The monoisotopic (exact) mass is 388 g/mol. The largest absolute Gasteiger partial charge is 0.330 e. The molecule has 6 nitrogen and oxygen atoms in total. The molecule has 0 aliphatic carbocycles. The van der Waals surface area contributed by atoms with Crippen LogP contribution in [-0.2, 0) is 10.2 Å². The van der Waals surface area contributed by atoms with Crippen LogP contribution in [0.15, 0.2) is 67.3 Å². The minimum atomic E-state index is -0.921. The quantitative estimate of drug-likeness (QED) is 0.732. The first-order chi connectivity index (χ1) is 14.1. The number of rotatable bonds is 2. The van der Waals surface area contributed by atoms with Gasteiger partial charge in [-0.25, -0.2) is 4.39 Å². The normalized spacial score (nSPS) is 22.6. The second-order valence-electron chi connectivity index (χ2n) is 7.30. The number of hydrogen-bond acceptors (Lipinski definition) is 4. The Labute approximate surface area is 166 Å². The van der Waals surface area contributed by atoms with Gasteiger partial charge in [0.1, 0.15) is 11.2 Å². The fourth-order valence-corrected chi connectivity index (χ4v) is 4.60. The summed E-state index contributed by atoms with van der Waals surface area (Å²) in [5.41, 5.74) is 1.62. The minimum Gasteiger partial charge on any atom is -0.330 e. The van der Waals surface area contributed by atoms with Gasteiger partial charge in [-0.3, -0.25) is 19.6 Å². The molecule has 0 bridgehead atoms. The van der Waals surface area contributed by atoms with Gasteiger partial charge in [-0.1, -0.05) is 24.3 Å². The lowest BCUT2D eigenvalue weighted by Gasteiger charge is -2.34. The number of carbonyl (C=O) groups excluding carboxylic acids is 2. The molecule has 7 heteroatoms. The number of para-hydroxylation sites is 1. The van der Waals surface area contributed by atoms with E-state index in [-0.39, 0.29) is 17.4 Å². The zero-order chi connectivity index (χ0) is 20.0. The van der Waals surface area contributed by atoms with Crippen LogP contribution < -0.4 is 5.32 Å². The second-order valence-corrected chi connectivity index (χ2v) is 7.30. The minimum absolute atomic E-state index is 0.139. The molecule has 2 aliphatic heterocycles. The lowest BCUT2D eigenvalue weighted by atomic mass is 9.73. The van der Waals surface area contributed by atoms with Crippen LogP contribution in [0.5, 0.6) is 0 Å². The number of pyridine rings is 2. The number of fused-ring (bicyclic) bond motifs is 2. The zero-order valence-electron chi connectivity index (χ0n) is 15.4. The molecule has 2 aliphatic rings. The number of nitrogens with one attached hydrogen (secondary N) is 1. The number of likely N-dealkylation sites (tertiary alicyclic amines) is 1. The Bertz CT molecular complexity index is 1120. The number of carbonyl (C=O) groups is 2. The Hall–Kier alpha value is -3.61. The third-order valence-corrected chi connectivity index (χ3v) is 5.80. The Kier molecular flexibility index (Phi) is 3.91. The maximum Gasteiger partial charge on any atom is 0.256 e. The first kappa shape index (κ1) is 17.5. The van der Waals surface area contributed by atoms with Crippen LogP contribution in [0.25, 0.3) is 0 Å². The molecule has 0 radical (unpaired) electrons. The topological polar surface area (TPSA) is 75.2 Å². The number of anilines is 1. The van der Waals surface area contributed by atoms with Gasteiger partial charge in [0.2, 0.25) is 5.91 Å². The van der Waals surface area contributed by atoms with Crippen LogP contribution in [0.1, 0.15) is 33.9 Å². The Morgan fingerprint density at radius 1 is 1.14 bits per heavy atom. The van der Waals surface area contributed by atoms with Crippen molar-refractivity contribution in [2.24, 2.45) is 0 Å². The van der Waals surface area contributed by atoms with Crippen molar-refractivity contribution >= 4 is 17.5 Å². The van der Waals surface area contributed by atoms with Crippen LogP contribution in [0.2, 0.25) is 0 Å². The number of aromatic nitrogens is 2. The van der Waals surface area contributed by atoms with Crippen LogP contribution >= 0.6 is 0 Å². The molecule has 2 unspecified atom stereocenters. The molecular formula is C22H17FN4O2. The van der Waals surface area contributed by atoms with E-state index in [2.05, 4.69) is 15.3 Å². The summed E-state index contributed by atoms with van der Waals surface area (Å²) in [5, 5.41) is 2.97. The number of hydrogen-bond donors (Lipinski definition) is 1. The average molecular weight is 388 g/mol. The van der Waals surface area contributed by atoms with Gasteiger partial charge in [0.05, 0.1) is 17.8 Å². The lowest BCUT2D eigenvalue weighted by molar-refractivity contribution is -0.121. The van der Waals surface area contributed by atoms with Gasteiger partial charge in [-0.15, -0.1) is 0 Å². The van der Waals surface area contributed by atoms with Crippen molar-refractivity contribution in [3.63, 3.8) is 0 Å². The lowest BCUT2D eigenvalue weighted by Crippen LogP contribution is -2.42. The van der Waals surface area contributed by atoms with Gasteiger partial charge in [0.15, 0.2) is 0 Å². The Morgan fingerprint density at radius 3 is 2.79 bits per heavy atom. The van der Waals surface area contributed by atoms with E-state index in [4.69, 9.17) is 0 Å². The van der Waals surface area contributed by atoms with Gasteiger partial charge in [0.25, 0.3) is 5.91 Å². The van der Waals surface area contributed by atoms with Crippen molar-refractivity contribution < 1.29 is 14.0 Å². The highest BCUT2D eigenvalue weighted by molar-refractivity contribution is 6.08. The van der Waals surface area contributed by atoms with E-state index in [9.17, 15) is 14.0 Å². The summed E-state index contributed by atoms with van der Waals surface area (Å²) in [4.78, 5) is 36.2. The van der Waals surface area contributed by atoms with E-state index in [1.807, 2.05) is 30.3 Å². The number of halogens is 1. The highest BCUT2D eigenvalue weighted by atomic mass is 19.1. The van der Waals surface area contributed by atoms with Crippen molar-refractivity contribution in [3.05, 3.63) is 89.8 Å². The zero-order valence-corrected chi connectivity index (χ0v) is 15.4. The molecule has 1 fully saturated rings. The van der Waals surface area contributed by atoms with Gasteiger partial charge in [-0.2, -0.15) is 0 Å². The molecule has 1 aromatic carbocycles. The number of benzene rings is 1. The van der Waals surface area contributed by atoms with E-state index in [0.717, 1.165) is 23.0 Å². The molecule has 2 amide bonds. The van der Waals surface area contributed by atoms with Crippen molar-refractivity contribution in [2.75, 3.05) is 11.9 Å². The first-order valence-electron chi connectivity index (χ1n) is 9.34. The maximum atomic E-state index is 13.7. The van der Waals surface area contributed by atoms with Gasteiger partial charge in [0, 0.05) is 30.8 Å². The van der Waals surface area contributed by atoms with Crippen molar-refractivity contribution in [2.45, 2.75) is 17.9 Å². The third-order valence-electron chi connectivity index (χ3n) is 5.80. The van der Waals surface area contributed by atoms with Crippen molar-refractivity contribution in [1.82, 2.24) is 14.9 Å². The summed E-state index contributed by atoms with van der Waals surface area (Å²) >= 11 is 0. The molecule has 2 atom stereocenters. The molecule has 0 saturated carbocycles. The second kappa shape index (κ2) is 6.48. The Balaban J connectivity index is 1.67. The fourth-order valence-electron chi connectivity index (χ4n) is 4.60. The van der Waals surface area contributed by atoms with Crippen LogP contribution in [-0.4, -0.2) is 33.2 Å². The molecule has 1 saturated heterocycles. The van der Waals surface area contributed by atoms with Crippen molar-refractivity contribution in [3.8, 4) is 0 Å². The third kappa shape index (κ3) is 2.54. The SMILES string of the molecule is O=C(c1cncc(F)c1)N1CCC2(C(=O)Nc3ccccc32)C1c1cccnc1. The summed E-state index contributed by atoms with van der Waals surface area (Å²) in [6.45, 7) is 0.358. The van der Waals surface area contributed by atoms with E-state index in [0.29, 0.717) is 13.0 Å². The molecule has 1 N–H and O–H groups in total. The molecular weight excluding hydrogens is 371 g/mol. The van der Waals surface area contributed by atoms with E-state index in [1.165, 1.54) is 12.3 Å². The Morgan fingerprint density at radius 2 is 2.00 bits per heavy atom. The summed E-state index contributed by atoms with van der Waals surface area (Å²) in [6, 6.07) is 11.8. The van der Waals surface area contributed by atoms with E-state index in [1.54, 1.807) is 23.4 Å². The summed E-state index contributed by atoms with van der Waals surface area (Å²) < 4.78 is 13.7. The summed E-state index contributed by atoms with van der Waals surface area (Å²) in [6.07, 6.45) is 6.19. The summed E-state index contributed by atoms with van der Waals surface area (Å²) in [5.74, 6) is -1.08. The van der Waals surface area contributed by atoms with Crippen LogP contribution in [0.4, 0.5) is 10.1 Å². The molecule has 5 rings (SSSR count). The standard InChI is InChI=1S/C22H17FN4O2/c23-16-10-15(12-25-13-16)20(28)27-9-7-22(19(27)14-4-3-8-24-11-14)17-5-1-2-6-18(17)26-21(22)29/h1-6,8,10-13,19H,7,9H2,(H,26,29). The van der Waals surface area contributed by atoms with E-state index >= 15 is 0 Å². The smallest absolute Gasteiger partial charge is 0.256 e. The highest BCUT2D eigenvalue weighted by Crippen LogP contribution is 2.54. The van der Waals surface area contributed by atoms with E-state index < -0.39 is 17.3 Å². The molecule has 3 aromatic rings. The molecule has 4 heterocycles. The van der Waals surface area contributed by atoms with Crippen molar-refractivity contribution in [1.29, 1.82) is 0 Å². The van der Waals surface area contributed by atoms with Gasteiger partial charge in [-0.05, 0) is 35.7 Å². The highest BCUT2D eigenvalue weighted by Gasteiger charge is 2.59. The number of nitrogens with zero attached hydrogens (tertiary/aromatic N) is 3.